The van der Waals surface area contributed by atoms with Gasteiger partial charge in [0.15, 0.2) is 5.69 Å². The van der Waals surface area contributed by atoms with Crippen molar-refractivity contribution in [2.45, 2.75) is 12.3 Å². The molecule has 0 saturated carbocycles. The van der Waals surface area contributed by atoms with Crippen LogP contribution in [0, 0.1) is 11.3 Å². The summed E-state index contributed by atoms with van der Waals surface area (Å²) in [7, 11) is 0. The quantitative estimate of drug-likeness (QED) is 0.779. The number of aromatic nitrogens is 1. The summed E-state index contributed by atoms with van der Waals surface area (Å²) in [6, 6.07) is 3.00. The molecule has 0 aliphatic rings. The van der Waals surface area contributed by atoms with Crippen molar-refractivity contribution in [2.75, 3.05) is 0 Å². The smallest absolute Gasteiger partial charge is 0.240 e. The highest BCUT2D eigenvalue weighted by atomic mass is 79.9. The standard InChI is InChI=1S/C8H4BrClF2N2/c9-5-1-4(2-10)14-6(3-13)7(5)8(11)12/h1,8H,2H2. The molecule has 0 radical (unpaired) electrons. The predicted molar refractivity (Wildman–Crippen MR) is 51.2 cm³/mol. The minimum Gasteiger partial charge on any atom is -0.240 e. The third kappa shape index (κ3) is 2.20. The third-order valence-corrected chi connectivity index (χ3v) is 2.45. The fourth-order valence-corrected chi connectivity index (χ4v) is 1.70. The van der Waals surface area contributed by atoms with Gasteiger partial charge in [-0.2, -0.15) is 5.26 Å². The van der Waals surface area contributed by atoms with Crippen LogP contribution in [0.5, 0.6) is 0 Å². The minimum absolute atomic E-state index is 0.0802. The van der Waals surface area contributed by atoms with Gasteiger partial charge in [0.2, 0.25) is 0 Å². The van der Waals surface area contributed by atoms with Gasteiger partial charge in [0.1, 0.15) is 6.07 Å². The van der Waals surface area contributed by atoms with Crippen molar-refractivity contribution in [1.82, 2.24) is 4.98 Å². The van der Waals surface area contributed by atoms with Gasteiger partial charge >= 0.3 is 0 Å². The first-order valence-corrected chi connectivity index (χ1v) is 4.86. The molecular weight excluding hydrogens is 277 g/mol. The Balaban J connectivity index is 3.37. The molecule has 0 bridgehead atoms. The Morgan fingerprint density at radius 1 is 1.64 bits per heavy atom. The first-order valence-electron chi connectivity index (χ1n) is 3.53. The maximum atomic E-state index is 12.5. The molecule has 1 heterocycles. The zero-order valence-corrected chi connectivity index (χ0v) is 9.11. The van der Waals surface area contributed by atoms with E-state index in [1.165, 1.54) is 6.07 Å². The van der Waals surface area contributed by atoms with Crippen LogP contribution in [0.1, 0.15) is 23.4 Å². The van der Waals surface area contributed by atoms with Gasteiger partial charge in [0.05, 0.1) is 17.1 Å². The van der Waals surface area contributed by atoms with Crippen molar-refractivity contribution >= 4 is 27.5 Å². The lowest BCUT2D eigenvalue weighted by Gasteiger charge is -2.06. The van der Waals surface area contributed by atoms with Crippen LogP contribution >= 0.6 is 27.5 Å². The molecule has 0 atom stereocenters. The SMILES string of the molecule is N#Cc1nc(CCl)cc(Br)c1C(F)F. The van der Waals surface area contributed by atoms with Gasteiger partial charge in [-0.3, -0.25) is 0 Å². The van der Waals surface area contributed by atoms with Crippen LogP contribution in [0.4, 0.5) is 8.78 Å². The normalized spacial score (nSPS) is 10.3. The average Bonchev–Trinajstić information content (AvgIpc) is 2.15. The van der Waals surface area contributed by atoms with Crippen LogP contribution in [0.2, 0.25) is 0 Å². The Kier molecular flexibility index (Phi) is 3.78. The number of pyridine rings is 1. The number of rotatable bonds is 2. The molecule has 1 aromatic heterocycles. The molecule has 0 spiro atoms. The second kappa shape index (κ2) is 4.67. The summed E-state index contributed by atoms with van der Waals surface area (Å²) in [6.45, 7) is 0. The molecule has 6 heteroatoms. The van der Waals surface area contributed by atoms with E-state index in [1.54, 1.807) is 6.07 Å². The van der Waals surface area contributed by atoms with Crippen LogP contribution in [0.3, 0.4) is 0 Å². The number of hydrogen-bond donors (Lipinski definition) is 0. The van der Waals surface area contributed by atoms with Gasteiger partial charge in [-0.15, -0.1) is 11.6 Å². The van der Waals surface area contributed by atoms with Crippen LogP contribution in [0.25, 0.3) is 0 Å². The van der Waals surface area contributed by atoms with Crippen molar-refractivity contribution in [1.29, 1.82) is 5.26 Å². The number of alkyl halides is 3. The van der Waals surface area contributed by atoms with Crippen molar-refractivity contribution in [3.8, 4) is 6.07 Å². The zero-order valence-electron chi connectivity index (χ0n) is 6.77. The number of halogens is 4. The van der Waals surface area contributed by atoms with Gasteiger partial charge in [-0.1, -0.05) is 15.9 Å². The maximum absolute atomic E-state index is 12.5. The number of hydrogen-bond acceptors (Lipinski definition) is 2. The van der Waals surface area contributed by atoms with E-state index >= 15 is 0 Å². The van der Waals surface area contributed by atoms with E-state index in [0.29, 0.717) is 5.69 Å². The molecule has 0 fully saturated rings. The van der Waals surface area contributed by atoms with E-state index in [1.807, 2.05) is 0 Å². The van der Waals surface area contributed by atoms with E-state index in [9.17, 15) is 8.78 Å². The van der Waals surface area contributed by atoms with E-state index in [4.69, 9.17) is 16.9 Å². The summed E-state index contributed by atoms with van der Waals surface area (Å²) in [5, 5.41) is 8.60. The highest BCUT2D eigenvalue weighted by molar-refractivity contribution is 9.10. The highest BCUT2D eigenvalue weighted by Gasteiger charge is 2.19. The van der Waals surface area contributed by atoms with Crippen LogP contribution in [-0.4, -0.2) is 4.98 Å². The van der Waals surface area contributed by atoms with Crippen molar-refractivity contribution in [3.05, 3.63) is 27.5 Å². The van der Waals surface area contributed by atoms with E-state index in [0.717, 1.165) is 0 Å². The van der Waals surface area contributed by atoms with Crippen molar-refractivity contribution in [2.24, 2.45) is 0 Å². The molecule has 0 aliphatic heterocycles. The zero-order chi connectivity index (χ0) is 10.7. The Morgan fingerprint density at radius 3 is 2.71 bits per heavy atom. The Bertz CT molecular complexity index is 390. The van der Waals surface area contributed by atoms with Gasteiger partial charge in [0.25, 0.3) is 6.43 Å². The molecule has 14 heavy (non-hydrogen) atoms. The summed E-state index contributed by atoms with van der Waals surface area (Å²) in [4.78, 5) is 3.69. The molecule has 0 unspecified atom stereocenters. The predicted octanol–water partition coefficient (Wildman–Crippen LogP) is 3.39. The molecule has 2 nitrogen and oxygen atoms in total. The lowest BCUT2D eigenvalue weighted by atomic mass is 10.2. The first-order chi connectivity index (χ1) is 6.60. The molecule has 0 aromatic carbocycles. The Morgan fingerprint density at radius 2 is 2.29 bits per heavy atom. The summed E-state index contributed by atoms with van der Waals surface area (Å²) >= 11 is 8.43. The van der Waals surface area contributed by atoms with Crippen molar-refractivity contribution in [3.63, 3.8) is 0 Å². The number of nitrogens with zero attached hydrogens (tertiary/aromatic N) is 2. The summed E-state index contributed by atoms with van der Waals surface area (Å²) in [5.41, 5.74) is -0.286. The van der Waals surface area contributed by atoms with Gasteiger partial charge < -0.3 is 0 Å². The molecule has 0 amide bonds. The molecule has 0 saturated heterocycles. The van der Waals surface area contributed by atoms with Crippen LogP contribution < -0.4 is 0 Å². The summed E-state index contributed by atoms with van der Waals surface area (Å²) in [6.07, 6.45) is -2.73. The molecule has 1 rings (SSSR count). The molecule has 0 aliphatic carbocycles. The topological polar surface area (TPSA) is 36.7 Å². The number of nitriles is 1. The third-order valence-electron chi connectivity index (χ3n) is 1.52. The van der Waals surface area contributed by atoms with E-state index in [-0.39, 0.29) is 21.6 Å². The Labute approximate surface area is 92.6 Å². The minimum atomic E-state index is -2.73. The molecular formula is C8H4BrClF2N2. The summed E-state index contributed by atoms with van der Waals surface area (Å²) < 4.78 is 25.1. The first kappa shape index (κ1) is 11.3. The molecule has 0 N–H and O–H groups in total. The Hall–Kier alpha value is -0.730. The second-order valence-corrected chi connectivity index (χ2v) is 3.53. The lowest BCUT2D eigenvalue weighted by Crippen LogP contribution is -1.99. The van der Waals surface area contributed by atoms with Crippen LogP contribution in [0.15, 0.2) is 10.5 Å². The van der Waals surface area contributed by atoms with Crippen LogP contribution in [-0.2, 0) is 5.88 Å². The van der Waals surface area contributed by atoms with E-state index < -0.39 is 6.43 Å². The highest BCUT2D eigenvalue weighted by Crippen LogP contribution is 2.30. The van der Waals surface area contributed by atoms with Crippen molar-refractivity contribution < 1.29 is 8.78 Å². The molecule has 74 valence electrons. The summed E-state index contributed by atoms with van der Waals surface area (Å²) in [5.74, 6) is 0.0802. The monoisotopic (exact) mass is 280 g/mol. The van der Waals surface area contributed by atoms with Gasteiger partial charge in [-0.05, 0) is 6.07 Å². The van der Waals surface area contributed by atoms with E-state index in [2.05, 4.69) is 20.9 Å². The van der Waals surface area contributed by atoms with Gasteiger partial charge in [0, 0.05) is 4.47 Å². The molecule has 1 aromatic rings. The fourth-order valence-electron chi connectivity index (χ4n) is 0.935. The average molecular weight is 281 g/mol. The lowest BCUT2D eigenvalue weighted by molar-refractivity contribution is 0.149. The van der Waals surface area contributed by atoms with Gasteiger partial charge in [-0.25, -0.2) is 13.8 Å². The maximum Gasteiger partial charge on any atom is 0.267 e. The second-order valence-electron chi connectivity index (χ2n) is 2.40. The largest absolute Gasteiger partial charge is 0.267 e. The fraction of sp³-hybridized carbons (Fsp3) is 0.250.